The lowest BCUT2D eigenvalue weighted by Gasteiger charge is -2.17. The van der Waals surface area contributed by atoms with E-state index in [-0.39, 0.29) is 19.1 Å². The van der Waals surface area contributed by atoms with Gasteiger partial charge in [-0.25, -0.2) is 15.0 Å². The van der Waals surface area contributed by atoms with Gasteiger partial charge < -0.3 is 29.2 Å². The lowest BCUT2D eigenvalue weighted by atomic mass is 10.4. The minimum absolute atomic E-state index is 0.150. The van der Waals surface area contributed by atoms with E-state index in [0.29, 0.717) is 43.2 Å². The summed E-state index contributed by atoms with van der Waals surface area (Å²) in [5, 5.41) is 0. The van der Waals surface area contributed by atoms with Crippen molar-refractivity contribution in [2.75, 3.05) is 31.9 Å². The van der Waals surface area contributed by atoms with Crippen LogP contribution < -0.4 is 5.73 Å². The van der Waals surface area contributed by atoms with Crippen molar-refractivity contribution in [3.05, 3.63) is 12.7 Å². The van der Waals surface area contributed by atoms with Crippen molar-refractivity contribution in [2.45, 2.75) is 39.3 Å². The summed E-state index contributed by atoms with van der Waals surface area (Å²) in [6.45, 7) is 5.54. The quantitative estimate of drug-likeness (QED) is 0.413. The van der Waals surface area contributed by atoms with Crippen LogP contribution in [0.15, 0.2) is 12.7 Å². The van der Waals surface area contributed by atoms with Crippen LogP contribution >= 0.6 is 7.60 Å². The number of nitrogens with zero attached hydrogens (tertiary/aromatic N) is 4. The molecule has 2 aromatic heterocycles. The number of nitrogens with two attached hydrogens (primary N) is 1. The molecule has 0 aliphatic heterocycles. The van der Waals surface area contributed by atoms with E-state index in [9.17, 15) is 9.46 Å². The van der Waals surface area contributed by atoms with Gasteiger partial charge in [0, 0.05) is 13.2 Å². The zero-order valence-electron chi connectivity index (χ0n) is 15.1. The average Bonchev–Trinajstić information content (AvgIpc) is 3.01. The molecule has 0 saturated carbocycles. The number of ether oxygens (including phenoxy) is 2. The molecule has 0 saturated heterocycles. The topological polar surface area (TPSA) is 135 Å². The third-order valence-corrected chi connectivity index (χ3v) is 4.54. The van der Waals surface area contributed by atoms with E-state index in [4.69, 9.17) is 19.7 Å². The molecule has 11 heteroatoms. The lowest BCUT2D eigenvalue weighted by Crippen LogP contribution is -2.17. The van der Waals surface area contributed by atoms with E-state index in [0.717, 1.165) is 6.42 Å². The molecule has 26 heavy (non-hydrogen) atoms. The summed E-state index contributed by atoms with van der Waals surface area (Å²) in [7, 11) is -3.80. The minimum atomic E-state index is -3.80. The van der Waals surface area contributed by atoms with Gasteiger partial charge in [-0.1, -0.05) is 6.92 Å². The van der Waals surface area contributed by atoms with Crippen LogP contribution in [-0.2, 0) is 25.1 Å². The van der Waals surface area contributed by atoms with E-state index in [1.54, 1.807) is 17.8 Å². The molecule has 2 rings (SSSR count). The smallest absolute Gasteiger partial charge is 0.353 e. The van der Waals surface area contributed by atoms with Crippen LogP contribution in [-0.4, -0.2) is 56.7 Å². The van der Waals surface area contributed by atoms with Gasteiger partial charge in [0.25, 0.3) is 0 Å². The van der Waals surface area contributed by atoms with Gasteiger partial charge in [0.05, 0.1) is 25.6 Å². The molecule has 0 aliphatic rings. The Kier molecular flexibility index (Phi) is 7.92. The first kappa shape index (κ1) is 20.7. The largest absolute Gasteiger partial charge is 0.382 e. The van der Waals surface area contributed by atoms with Crippen molar-refractivity contribution in [1.82, 2.24) is 19.5 Å². The normalized spacial score (nSPS) is 15.2. The minimum Gasteiger partial charge on any atom is -0.382 e. The Morgan fingerprint density at radius 3 is 2.88 bits per heavy atom. The van der Waals surface area contributed by atoms with Gasteiger partial charge in [-0.2, -0.15) is 0 Å². The first-order chi connectivity index (χ1) is 12.4. The molecule has 2 heterocycles. The van der Waals surface area contributed by atoms with Gasteiger partial charge >= 0.3 is 7.60 Å². The first-order valence-electron chi connectivity index (χ1n) is 8.50. The molecule has 146 valence electrons. The third-order valence-electron chi connectivity index (χ3n) is 3.48. The highest BCUT2D eigenvalue weighted by molar-refractivity contribution is 7.52. The highest BCUT2D eigenvalue weighted by Gasteiger charge is 2.21. The fourth-order valence-electron chi connectivity index (χ4n) is 2.24. The number of hydrogen-bond acceptors (Lipinski definition) is 8. The molecule has 0 radical (unpaired) electrons. The van der Waals surface area contributed by atoms with Crippen LogP contribution in [0.3, 0.4) is 0 Å². The summed E-state index contributed by atoms with van der Waals surface area (Å²) in [6.07, 6.45) is 3.72. The first-order valence-corrected chi connectivity index (χ1v) is 10.3. The maximum Gasteiger partial charge on any atom is 0.353 e. The highest BCUT2D eigenvalue weighted by atomic mass is 31.2. The van der Waals surface area contributed by atoms with Crippen molar-refractivity contribution in [2.24, 2.45) is 0 Å². The van der Waals surface area contributed by atoms with Crippen LogP contribution in [0.25, 0.3) is 11.2 Å². The number of nitrogen functional groups attached to an aromatic ring is 1. The molecule has 0 aliphatic carbocycles. The number of anilines is 1. The summed E-state index contributed by atoms with van der Waals surface area (Å²) in [5.74, 6) is 0.304. The van der Waals surface area contributed by atoms with Crippen LogP contribution in [0.5, 0.6) is 0 Å². The Bertz CT molecular complexity index is 740. The Morgan fingerprint density at radius 1 is 1.31 bits per heavy atom. The van der Waals surface area contributed by atoms with Gasteiger partial charge in [0.1, 0.15) is 18.2 Å². The Hall–Kier alpha value is -1.58. The molecule has 0 bridgehead atoms. The van der Waals surface area contributed by atoms with E-state index >= 15 is 0 Å². The predicted octanol–water partition coefficient (Wildman–Crippen LogP) is 1.79. The molecule has 0 fully saturated rings. The molecule has 10 nitrogen and oxygen atoms in total. The van der Waals surface area contributed by atoms with Crippen LogP contribution in [0, 0.1) is 0 Å². The average molecular weight is 387 g/mol. The molecule has 1 unspecified atom stereocenters. The zero-order chi connectivity index (χ0) is 19.0. The Labute approximate surface area is 152 Å². The summed E-state index contributed by atoms with van der Waals surface area (Å²) in [5.41, 5.74) is 6.85. The summed E-state index contributed by atoms with van der Waals surface area (Å²) in [4.78, 5) is 22.0. The summed E-state index contributed by atoms with van der Waals surface area (Å²) < 4.78 is 29.5. The van der Waals surface area contributed by atoms with E-state index < -0.39 is 7.60 Å². The molecular weight excluding hydrogens is 361 g/mol. The molecular formula is C15H26N5O5P. The number of imidazole rings is 1. The molecule has 2 atom stereocenters. The van der Waals surface area contributed by atoms with E-state index in [1.807, 2.05) is 6.92 Å². The van der Waals surface area contributed by atoms with E-state index in [1.165, 1.54) is 6.33 Å². The van der Waals surface area contributed by atoms with Crippen molar-refractivity contribution in [3.8, 4) is 0 Å². The molecule has 0 spiro atoms. The van der Waals surface area contributed by atoms with Crippen LogP contribution in [0.1, 0.15) is 26.7 Å². The third kappa shape index (κ3) is 6.30. The fourth-order valence-corrected chi connectivity index (χ4v) is 3.17. The van der Waals surface area contributed by atoms with Gasteiger partial charge in [-0.3, -0.25) is 4.57 Å². The molecule has 2 aromatic rings. The zero-order valence-corrected chi connectivity index (χ0v) is 16.0. The highest BCUT2D eigenvalue weighted by Crippen LogP contribution is 2.42. The van der Waals surface area contributed by atoms with Gasteiger partial charge in [0.2, 0.25) is 0 Å². The SMILES string of the molecule is CCCOCCCOP(=O)(O)CO[C@H](C)Cn1cnc2c(N)ncnc21. The molecule has 0 aromatic carbocycles. The predicted molar refractivity (Wildman–Crippen MR) is 96.7 cm³/mol. The van der Waals surface area contributed by atoms with E-state index in [2.05, 4.69) is 15.0 Å². The summed E-state index contributed by atoms with van der Waals surface area (Å²) in [6, 6.07) is 0. The number of fused-ring (bicyclic) bond motifs is 1. The fraction of sp³-hybridized carbons (Fsp3) is 0.667. The number of hydrogen-bond donors (Lipinski definition) is 2. The second kappa shape index (κ2) is 9.94. The van der Waals surface area contributed by atoms with Crippen molar-refractivity contribution >= 4 is 24.6 Å². The monoisotopic (exact) mass is 387 g/mol. The van der Waals surface area contributed by atoms with Gasteiger partial charge in [-0.05, 0) is 19.8 Å². The van der Waals surface area contributed by atoms with Gasteiger partial charge in [-0.15, -0.1) is 0 Å². The lowest BCUT2D eigenvalue weighted by molar-refractivity contribution is 0.0690. The molecule has 0 amide bonds. The maximum atomic E-state index is 12.0. The Morgan fingerprint density at radius 2 is 2.12 bits per heavy atom. The maximum absolute atomic E-state index is 12.0. The standard InChI is InChI=1S/C15H26N5O5P/c1-3-5-23-6-4-7-25-26(21,22)11-24-12(2)8-20-10-19-13-14(16)17-9-18-15(13)20/h9-10,12H,3-8,11H2,1-2H3,(H,21,22)(H2,16,17,18)/t12-/m1/s1. The Balaban J connectivity index is 1.75. The molecule has 3 N–H and O–H groups in total. The number of aromatic nitrogens is 4. The van der Waals surface area contributed by atoms with Gasteiger partial charge in [0.15, 0.2) is 11.5 Å². The number of rotatable bonds is 12. The van der Waals surface area contributed by atoms with Crippen molar-refractivity contribution in [1.29, 1.82) is 0 Å². The van der Waals surface area contributed by atoms with Crippen LogP contribution in [0.2, 0.25) is 0 Å². The second-order valence-electron chi connectivity index (χ2n) is 5.87. The van der Waals surface area contributed by atoms with Crippen LogP contribution in [0.4, 0.5) is 5.82 Å². The van der Waals surface area contributed by atoms with Crippen molar-refractivity contribution < 1.29 is 23.5 Å². The second-order valence-corrected chi connectivity index (χ2v) is 7.66. The van der Waals surface area contributed by atoms with Crippen molar-refractivity contribution in [3.63, 3.8) is 0 Å². The summed E-state index contributed by atoms with van der Waals surface area (Å²) >= 11 is 0.